The molecule has 0 aromatic heterocycles. The van der Waals surface area contributed by atoms with Crippen LogP contribution in [0.3, 0.4) is 0 Å². The maximum absolute atomic E-state index is 10.1. The van der Waals surface area contributed by atoms with Gasteiger partial charge in [-0.25, -0.2) is 0 Å². The number of carboxylic acid groups (broad SMARTS) is 2. The van der Waals surface area contributed by atoms with Crippen molar-refractivity contribution >= 4 is 35.8 Å². The van der Waals surface area contributed by atoms with Crippen molar-refractivity contribution in [2.45, 2.75) is 169 Å². The van der Waals surface area contributed by atoms with E-state index < -0.39 is 11.9 Å². The number of allylic oxidation sites excluding steroid dienone is 2. The molecule has 0 aromatic carbocycles. The van der Waals surface area contributed by atoms with Crippen LogP contribution < -0.4 is 10.2 Å². The maximum Gasteiger partial charge on any atom is 2.00 e. The summed E-state index contributed by atoms with van der Waals surface area (Å²) < 4.78 is 0. The predicted molar refractivity (Wildman–Crippen MR) is 160 cm³/mol. The molecule has 0 atom stereocenters. The van der Waals surface area contributed by atoms with Crippen LogP contribution >= 0.6 is 0 Å². The summed E-state index contributed by atoms with van der Waals surface area (Å²) in [4.78, 5) is 20.2. The molecular formula is C32H62O4Sn. The summed E-state index contributed by atoms with van der Waals surface area (Å²) in [5.41, 5.74) is 0. The zero-order chi connectivity index (χ0) is 28.1. The van der Waals surface area contributed by atoms with Gasteiger partial charge in [0.1, 0.15) is 0 Å². The average molecular weight is 630 g/mol. The monoisotopic (exact) mass is 630 g/mol. The Balaban J connectivity index is -0.000000140. The molecule has 0 aliphatic carbocycles. The molecule has 0 saturated heterocycles. The summed E-state index contributed by atoms with van der Waals surface area (Å²) in [6.07, 6.45) is 28.2. The fourth-order valence-corrected chi connectivity index (χ4v) is 3.16. The Hall–Kier alpha value is -0.781. The van der Waals surface area contributed by atoms with E-state index in [1.807, 2.05) is 12.2 Å². The van der Waals surface area contributed by atoms with Crippen molar-refractivity contribution in [3.8, 4) is 0 Å². The Kier molecular flexibility index (Phi) is 60.2. The van der Waals surface area contributed by atoms with Gasteiger partial charge in [0.2, 0.25) is 0 Å². The molecule has 5 heteroatoms. The third-order valence-corrected chi connectivity index (χ3v) is 5.55. The minimum absolute atomic E-state index is 0. The summed E-state index contributed by atoms with van der Waals surface area (Å²) in [5, 5.41) is 20.2. The SMILES string of the molecule is C=CCC.C=CCC.CCCCCCCCCCCC(=O)[O-].CCCCCCCCCCCC(=O)[O-].[Sn+2]. The zero-order valence-corrected chi connectivity index (χ0v) is 28.1. The third-order valence-electron chi connectivity index (χ3n) is 5.55. The first-order chi connectivity index (χ1) is 17.4. The Labute approximate surface area is 249 Å². The molecule has 0 amide bonds. The summed E-state index contributed by atoms with van der Waals surface area (Å²) in [7, 11) is 0. The Bertz CT molecular complexity index is 399. The predicted octanol–water partition coefficient (Wildman–Crippen LogP) is 8.10. The zero-order valence-electron chi connectivity index (χ0n) is 25.3. The van der Waals surface area contributed by atoms with E-state index in [1.54, 1.807) is 0 Å². The van der Waals surface area contributed by atoms with Gasteiger partial charge in [-0.15, -0.1) is 13.2 Å². The second-order valence-electron chi connectivity index (χ2n) is 9.29. The van der Waals surface area contributed by atoms with Gasteiger partial charge in [0.25, 0.3) is 0 Å². The van der Waals surface area contributed by atoms with Crippen LogP contribution in [0.1, 0.15) is 169 Å². The average Bonchev–Trinajstić information content (AvgIpc) is 2.87. The summed E-state index contributed by atoms with van der Waals surface area (Å²) in [6, 6.07) is 0. The molecule has 0 aromatic rings. The number of carbonyl (C=O) groups is 2. The van der Waals surface area contributed by atoms with E-state index in [-0.39, 0.29) is 36.7 Å². The van der Waals surface area contributed by atoms with E-state index in [2.05, 4.69) is 40.9 Å². The van der Waals surface area contributed by atoms with Crippen LogP contribution in [0, 0.1) is 0 Å². The molecule has 0 bridgehead atoms. The van der Waals surface area contributed by atoms with Crippen molar-refractivity contribution < 1.29 is 19.8 Å². The molecule has 0 N–H and O–H groups in total. The first-order valence-corrected chi connectivity index (χ1v) is 15.0. The van der Waals surface area contributed by atoms with Crippen LogP contribution in [0.2, 0.25) is 0 Å². The molecule has 0 unspecified atom stereocenters. The molecule has 0 aliphatic rings. The van der Waals surface area contributed by atoms with Crippen LogP contribution in [0.15, 0.2) is 25.3 Å². The van der Waals surface area contributed by atoms with Gasteiger partial charge in [0, 0.05) is 11.9 Å². The van der Waals surface area contributed by atoms with Crippen LogP contribution in [0.5, 0.6) is 0 Å². The smallest absolute Gasteiger partial charge is 0.550 e. The van der Waals surface area contributed by atoms with E-state index in [4.69, 9.17) is 0 Å². The van der Waals surface area contributed by atoms with Crippen molar-refractivity contribution in [1.82, 2.24) is 0 Å². The van der Waals surface area contributed by atoms with Crippen LogP contribution in [0.4, 0.5) is 0 Å². The first kappa shape index (κ1) is 46.1. The fraction of sp³-hybridized carbons (Fsp3) is 0.812. The van der Waals surface area contributed by atoms with Crippen molar-refractivity contribution in [2.24, 2.45) is 0 Å². The number of hydrogen-bond acceptors (Lipinski definition) is 4. The van der Waals surface area contributed by atoms with E-state index in [1.165, 1.54) is 89.9 Å². The van der Waals surface area contributed by atoms with E-state index in [0.717, 1.165) is 38.5 Å². The molecule has 0 spiro atoms. The number of hydrogen-bond donors (Lipinski definition) is 0. The van der Waals surface area contributed by atoms with Crippen LogP contribution in [-0.4, -0.2) is 35.8 Å². The largest absolute Gasteiger partial charge is 2.00 e. The molecule has 37 heavy (non-hydrogen) atoms. The molecular weight excluding hydrogens is 567 g/mol. The van der Waals surface area contributed by atoms with Gasteiger partial charge in [-0.3, -0.25) is 0 Å². The van der Waals surface area contributed by atoms with Gasteiger partial charge in [0.05, 0.1) is 0 Å². The van der Waals surface area contributed by atoms with Gasteiger partial charge in [-0.2, -0.15) is 0 Å². The number of carbonyl (C=O) groups excluding carboxylic acids is 2. The standard InChI is InChI=1S/2C12H24O2.2C4H8.Sn/c2*1-2-3-4-5-6-7-8-9-10-11-12(13)14;2*1-3-4-2;/h2*2-11H2,1H3,(H,13,14);2*3H,1,4H2,2H3;/q;;;;+2/p-2. The van der Waals surface area contributed by atoms with Gasteiger partial charge in [0.15, 0.2) is 0 Å². The quantitative estimate of drug-likeness (QED) is 0.0689. The molecule has 0 aliphatic heterocycles. The summed E-state index contributed by atoms with van der Waals surface area (Å²) in [6.45, 7) is 15.5. The normalized spacial score (nSPS) is 9.19. The molecule has 2 radical (unpaired) electrons. The molecule has 0 heterocycles. The minimum Gasteiger partial charge on any atom is -0.550 e. The molecule has 0 rings (SSSR count). The van der Waals surface area contributed by atoms with Gasteiger partial charge < -0.3 is 19.8 Å². The van der Waals surface area contributed by atoms with Crippen LogP contribution in [0.25, 0.3) is 0 Å². The Morgan fingerprint density at radius 1 is 0.486 bits per heavy atom. The molecule has 0 saturated carbocycles. The summed E-state index contributed by atoms with van der Waals surface area (Å²) in [5.74, 6) is -1.82. The summed E-state index contributed by atoms with van der Waals surface area (Å²) >= 11 is 0. The third kappa shape index (κ3) is 72.1. The minimum atomic E-state index is -0.909. The van der Waals surface area contributed by atoms with E-state index in [9.17, 15) is 19.8 Å². The van der Waals surface area contributed by atoms with Gasteiger partial charge in [-0.05, 0) is 38.5 Å². The van der Waals surface area contributed by atoms with Gasteiger partial charge >= 0.3 is 23.9 Å². The van der Waals surface area contributed by atoms with Crippen molar-refractivity contribution in [2.75, 3.05) is 0 Å². The number of carboxylic acids is 2. The van der Waals surface area contributed by atoms with Crippen LogP contribution in [-0.2, 0) is 9.59 Å². The van der Waals surface area contributed by atoms with E-state index >= 15 is 0 Å². The molecule has 0 fully saturated rings. The Morgan fingerprint density at radius 3 is 0.838 bits per heavy atom. The topological polar surface area (TPSA) is 80.3 Å². The molecule has 218 valence electrons. The number of aliphatic carboxylic acids is 2. The maximum atomic E-state index is 10.1. The van der Waals surface area contributed by atoms with E-state index in [0.29, 0.717) is 0 Å². The first-order valence-electron chi connectivity index (χ1n) is 15.0. The molecule has 4 nitrogen and oxygen atoms in total. The second-order valence-corrected chi connectivity index (χ2v) is 9.29. The fourth-order valence-electron chi connectivity index (χ4n) is 3.16. The van der Waals surface area contributed by atoms with Crippen molar-refractivity contribution in [3.63, 3.8) is 0 Å². The van der Waals surface area contributed by atoms with Gasteiger partial charge in [-0.1, -0.05) is 143 Å². The number of rotatable bonds is 22. The number of unbranched alkanes of at least 4 members (excludes halogenated alkanes) is 16. The Morgan fingerprint density at radius 2 is 0.676 bits per heavy atom. The van der Waals surface area contributed by atoms with Crippen molar-refractivity contribution in [3.05, 3.63) is 25.3 Å². The van der Waals surface area contributed by atoms with Crippen molar-refractivity contribution in [1.29, 1.82) is 0 Å². The second kappa shape index (κ2) is 48.3.